The molecule has 0 spiro atoms. The van der Waals surface area contributed by atoms with Gasteiger partial charge in [-0.15, -0.1) is 0 Å². The molecule has 2 atom stereocenters. The Hall–Kier alpha value is -5.06. The molecule has 3 aromatic heterocycles. The number of alkyl halides is 1. The Bertz CT molecular complexity index is 2270. The average Bonchev–Trinajstić information content (AvgIpc) is 3.83. The minimum absolute atomic E-state index is 0.0527. The summed E-state index contributed by atoms with van der Waals surface area (Å²) in [6.45, 7) is 4.09. The lowest BCUT2D eigenvalue weighted by Gasteiger charge is -2.30. The third-order valence-corrected chi connectivity index (χ3v) is 10.8. The first-order chi connectivity index (χ1) is 26.6. The Morgan fingerprint density at radius 1 is 1.15 bits per heavy atom. The molecule has 3 aliphatic heterocycles. The maximum atomic E-state index is 17.2. The Kier molecular flexibility index (Phi) is 9.98. The monoisotopic (exact) mass is 760 g/mol. The number of aromatic nitrogens is 5. The number of pyridine rings is 1. The van der Waals surface area contributed by atoms with E-state index in [2.05, 4.69) is 30.3 Å². The summed E-state index contributed by atoms with van der Waals surface area (Å²) in [5.74, 6) is -0.824. The van der Waals surface area contributed by atoms with E-state index in [9.17, 15) is 9.18 Å². The second-order valence-electron chi connectivity index (χ2n) is 14.6. The molecule has 8 rings (SSSR count). The Morgan fingerprint density at radius 2 is 1.98 bits per heavy atom. The number of hydrogen-bond acceptors (Lipinski definition) is 11. The number of anilines is 1. The summed E-state index contributed by atoms with van der Waals surface area (Å²) in [4.78, 5) is 30.3. The van der Waals surface area contributed by atoms with Crippen LogP contribution in [0.15, 0.2) is 36.5 Å². The molecule has 1 amide bonds. The first-order valence-electron chi connectivity index (χ1n) is 18.5. The lowest BCUT2D eigenvalue weighted by Crippen LogP contribution is -2.43. The van der Waals surface area contributed by atoms with Crippen LogP contribution in [0.1, 0.15) is 54.0 Å². The second-order valence-corrected chi connectivity index (χ2v) is 14.6. The van der Waals surface area contributed by atoms with Crippen LogP contribution in [0, 0.1) is 11.6 Å². The van der Waals surface area contributed by atoms with Crippen LogP contribution in [0.2, 0.25) is 0 Å². The fraction of sp³-hybridized carbons (Fsp3) is 0.462. The molecule has 3 aliphatic rings. The van der Waals surface area contributed by atoms with Gasteiger partial charge in [-0.2, -0.15) is 15.1 Å². The normalized spacial score (nSPS) is 19.9. The quantitative estimate of drug-likeness (QED) is 0.148. The molecule has 16 heteroatoms. The van der Waals surface area contributed by atoms with E-state index < -0.39 is 23.3 Å². The van der Waals surface area contributed by atoms with Crippen LogP contribution in [0.3, 0.4) is 0 Å². The van der Waals surface area contributed by atoms with Crippen molar-refractivity contribution in [3.8, 4) is 23.0 Å². The van der Waals surface area contributed by atoms with Crippen molar-refractivity contribution in [1.29, 1.82) is 0 Å². The standard InChI is InChI=1S/C39H43F3N8O5/c1-5-27-30(41)8-7-22-11-26(55-21-52-4)13-28(32(22)27)34-33(42)35-29(16-43-34)36(46-38(45-35)54-20-39-9-6-10-49(39)17-23(40)14-39)44-15-24-12-31(37(51)48(2)3)47-50(24)25-18-53-19-25/h7-8,11-13,16,23,25H,5-6,9-10,14-15,17-21H2,1-4H3,(H,44,45,46)/t23-,39+/m1/s1. The lowest BCUT2D eigenvalue weighted by atomic mass is 9.94. The molecule has 0 radical (unpaired) electrons. The van der Waals surface area contributed by atoms with E-state index in [4.69, 9.17) is 18.9 Å². The smallest absolute Gasteiger partial charge is 0.319 e. The number of amides is 1. The zero-order valence-corrected chi connectivity index (χ0v) is 31.2. The highest BCUT2D eigenvalue weighted by molar-refractivity contribution is 6.01. The molecule has 1 N–H and O–H groups in total. The average molecular weight is 761 g/mol. The third-order valence-electron chi connectivity index (χ3n) is 10.8. The molecule has 6 heterocycles. The SMILES string of the molecule is CCc1c(F)ccc2cc(OCOC)cc(-c3ncc4c(NCc5cc(C(=O)N(C)C)nn5C5COC5)nc(OC[C@@]56CCCN5C[C@H](F)C6)nc4c3F)c12. The van der Waals surface area contributed by atoms with Crippen LogP contribution in [-0.4, -0.2) is 113 Å². The summed E-state index contributed by atoms with van der Waals surface area (Å²) in [7, 11) is 4.81. The van der Waals surface area contributed by atoms with Crippen LogP contribution < -0.4 is 14.8 Å². The largest absolute Gasteiger partial charge is 0.468 e. The van der Waals surface area contributed by atoms with E-state index in [1.54, 1.807) is 43.0 Å². The van der Waals surface area contributed by atoms with E-state index in [-0.39, 0.29) is 66.0 Å². The molecule has 0 bridgehead atoms. The van der Waals surface area contributed by atoms with Crippen molar-refractivity contribution in [3.05, 3.63) is 65.1 Å². The van der Waals surface area contributed by atoms with Gasteiger partial charge in [0.25, 0.3) is 5.91 Å². The number of halogens is 3. The van der Waals surface area contributed by atoms with Crippen molar-refractivity contribution in [1.82, 2.24) is 34.5 Å². The van der Waals surface area contributed by atoms with Gasteiger partial charge in [0, 0.05) is 45.9 Å². The van der Waals surface area contributed by atoms with Gasteiger partial charge in [0.2, 0.25) is 0 Å². The predicted octanol–water partition coefficient (Wildman–Crippen LogP) is 5.71. The number of rotatable bonds is 13. The minimum atomic E-state index is -0.962. The molecular weight excluding hydrogens is 717 g/mol. The summed E-state index contributed by atoms with van der Waals surface area (Å²) in [6.07, 6.45) is 2.88. The zero-order valence-electron chi connectivity index (χ0n) is 31.2. The van der Waals surface area contributed by atoms with Gasteiger partial charge in [0.15, 0.2) is 18.3 Å². The Labute approximate surface area is 315 Å². The molecule has 0 aliphatic carbocycles. The number of benzene rings is 2. The number of fused-ring (bicyclic) bond motifs is 3. The van der Waals surface area contributed by atoms with Gasteiger partial charge in [-0.1, -0.05) is 13.0 Å². The van der Waals surface area contributed by atoms with E-state index in [0.29, 0.717) is 65.9 Å². The summed E-state index contributed by atoms with van der Waals surface area (Å²) >= 11 is 0. The van der Waals surface area contributed by atoms with Crippen molar-refractivity contribution in [3.63, 3.8) is 0 Å². The fourth-order valence-electron chi connectivity index (χ4n) is 8.06. The molecule has 55 heavy (non-hydrogen) atoms. The lowest BCUT2D eigenvalue weighted by molar-refractivity contribution is -0.0298. The van der Waals surface area contributed by atoms with Crippen molar-refractivity contribution in [2.45, 2.75) is 56.9 Å². The summed E-state index contributed by atoms with van der Waals surface area (Å²) in [5.41, 5.74) is 1.04. The molecule has 3 fully saturated rings. The van der Waals surface area contributed by atoms with Crippen LogP contribution in [0.5, 0.6) is 11.8 Å². The number of carbonyl (C=O) groups excluding carboxylic acids is 1. The molecule has 13 nitrogen and oxygen atoms in total. The predicted molar refractivity (Wildman–Crippen MR) is 198 cm³/mol. The molecule has 3 saturated heterocycles. The van der Waals surface area contributed by atoms with Gasteiger partial charge in [-0.25, -0.2) is 13.2 Å². The van der Waals surface area contributed by atoms with Crippen LogP contribution in [-0.2, 0) is 22.4 Å². The molecule has 290 valence electrons. The van der Waals surface area contributed by atoms with E-state index in [0.717, 1.165) is 19.4 Å². The number of hydrogen-bond donors (Lipinski definition) is 1. The molecular formula is C39H43F3N8O5. The summed E-state index contributed by atoms with van der Waals surface area (Å²) in [5, 5.41) is 9.29. The number of ether oxygens (including phenoxy) is 4. The molecule has 5 aromatic rings. The van der Waals surface area contributed by atoms with Crippen LogP contribution in [0.4, 0.5) is 19.0 Å². The minimum Gasteiger partial charge on any atom is -0.468 e. The number of carbonyl (C=O) groups is 1. The van der Waals surface area contributed by atoms with E-state index in [1.165, 1.54) is 24.3 Å². The van der Waals surface area contributed by atoms with Gasteiger partial charge in [0.1, 0.15) is 41.4 Å². The summed E-state index contributed by atoms with van der Waals surface area (Å²) in [6, 6.07) is 7.93. The van der Waals surface area contributed by atoms with Gasteiger partial charge >= 0.3 is 6.01 Å². The highest BCUT2D eigenvalue weighted by Crippen LogP contribution is 2.42. The first kappa shape index (κ1) is 36.9. The highest BCUT2D eigenvalue weighted by Gasteiger charge is 2.49. The number of aryl methyl sites for hydroxylation is 1. The molecule has 0 saturated carbocycles. The topological polar surface area (TPSA) is 129 Å². The number of nitrogens with one attached hydrogen (secondary N) is 1. The van der Waals surface area contributed by atoms with Gasteiger partial charge in [0.05, 0.1) is 42.4 Å². The third kappa shape index (κ3) is 6.80. The Morgan fingerprint density at radius 3 is 2.73 bits per heavy atom. The fourth-order valence-corrected chi connectivity index (χ4v) is 8.06. The number of nitrogens with zero attached hydrogens (tertiary/aromatic N) is 7. The van der Waals surface area contributed by atoms with Gasteiger partial charge < -0.3 is 29.2 Å². The summed E-state index contributed by atoms with van der Waals surface area (Å²) < 4.78 is 71.4. The first-order valence-corrected chi connectivity index (χ1v) is 18.5. The Balaban J connectivity index is 1.23. The van der Waals surface area contributed by atoms with Crippen LogP contribution in [0.25, 0.3) is 32.9 Å². The van der Waals surface area contributed by atoms with Gasteiger partial charge in [-0.3, -0.25) is 19.4 Å². The van der Waals surface area contributed by atoms with Crippen molar-refractivity contribution in [2.75, 3.05) is 66.2 Å². The zero-order chi connectivity index (χ0) is 38.4. The molecule has 2 aromatic carbocycles. The van der Waals surface area contributed by atoms with E-state index >= 15 is 8.78 Å². The second kappa shape index (κ2) is 14.9. The number of methoxy groups -OCH3 is 1. The maximum absolute atomic E-state index is 17.2. The molecule has 0 unspecified atom stereocenters. The highest BCUT2D eigenvalue weighted by atomic mass is 19.1. The van der Waals surface area contributed by atoms with E-state index in [1.807, 2.05) is 6.92 Å². The van der Waals surface area contributed by atoms with Crippen molar-refractivity contribution in [2.24, 2.45) is 0 Å². The van der Waals surface area contributed by atoms with Crippen molar-refractivity contribution >= 4 is 33.4 Å². The van der Waals surface area contributed by atoms with Gasteiger partial charge in [-0.05, 0) is 66.4 Å². The van der Waals surface area contributed by atoms with Crippen molar-refractivity contribution < 1.29 is 36.9 Å². The van der Waals surface area contributed by atoms with Crippen LogP contribution >= 0.6 is 0 Å². The maximum Gasteiger partial charge on any atom is 0.319 e.